The largest absolute Gasteiger partial charge is 0.464 e. The highest BCUT2D eigenvalue weighted by atomic mass is 127. The Morgan fingerprint density at radius 1 is 1.18 bits per heavy atom. The molecule has 1 aromatic carbocycles. The Morgan fingerprint density at radius 3 is 2.64 bits per heavy atom. The van der Waals surface area contributed by atoms with Gasteiger partial charge in [0.05, 0.1) is 23.1 Å². The topological polar surface area (TPSA) is 103 Å². The lowest BCUT2D eigenvalue weighted by molar-refractivity contribution is 0.0927. The number of carbonyl (C=O) groups is 2. The van der Waals surface area contributed by atoms with Crippen molar-refractivity contribution in [1.29, 1.82) is 0 Å². The smallest absolute Gasteiger partial charge is 0.423 e. The number of hydrazine groups is 1. The summed E-state index contributed by atoms with van der Waals surface area (Å²) in [7, 11) is 0. The minimum atomic E-state index is -1.40. The van der Waals surface area contributed by atoms with Gasteiger partial charge in [-0.25, -0.2) is 14.6 Å². The fourth-order valence-electron chi connectivity index (χ4n) is 1.61. The van der Waals surface area contributed by atoms with Crippen LogP contribution in [-0.4, -0.2) is 22.1 Å². The molecule has 7 nitrogen and oxygen atoms in total. The Kier molecular flexibility index (Phi) is 5.09. The Morgan fingerprint density at radius 2 is 1.95 bits per heavy atom. The van der Waals surface area contributed by atoms with E-state index in [1.165, 1.54) is 30.6 Å². The monoisotopic (exact) mass is 416 g/mol. The molecule has 0 spiro atoms. The zero-order valence-corrected chi connectivity index (χ0v) is 13.1. The van der Waals surface area contributed by atoms with Gasteiger partial charge < -0.3 is 10.4 Å². The summed E-state index contributed by atoms with van der Waals surface area (Å²) in [5.41, 5.74) is 4.27. The van der Waals surface area contributed by atoms with E-state index in [2.05, 4.69) is 10.3 Å². The summed E-state index contributed by atoms with van der Waals surface area (Å²) >= 11 is 1.98. The second-order valence-electron chi connectivity index (χ2n) is 4.05. The van der Waals surface area contributed by atoms with Gasteiger partial charge in [-0.15, -0.1) is 0 Å². The van der Waals surface area contributed by atoms with E-state index in [1.54, 1.807) is 11.5 Å². The van der Waals surface area contributed by atoms with Crippen molar-refractivity contribution >= 4 is 46.0 Å². The van der Waals surface area contributed by atoms with E-state index in [4.69, 9.17) is 5.11 Å². The third kappa shape index (κ3) is 4.04. The second-order valence-corrected chi connectivity index (χ2v) is 5.30. The number of rotatable bonds is 3. The minimum Gasteiger partial charge on any atom is -0.464 e. The standard InChI is InChI=1S/C13H10FIN4O3/c14-9-5-7(15)1-2-10(9)17-11-6-16-4-3-8(11)12(20)18-19-13(21)22/h1-6,17,19H,(H,18,20)(H,21,22). The van der Waals surface area contributed by atoms with Crippen molar-refractivity contribution in [2.24, 2.45) is 0 Å². The molecule has 4 N–H and O–H groups in total. The fraction of sp³-hybridized carbons (Fsp3) is 0. The first-order valence-electron chi connectivity index (χ1n) is 5.92. The quantitative estimate of drug-likeness (QED) is 0.455. The van der Waals surface area contributed by atoms with Crippen LogP contribution in [-0.2, 0) is 0 Å². The normalized spacial score (nSPS) is 9.91. The molecule has 1 heterocycles. The van der Waals surface area contributed by atoms with Crippen LogP contribution in [0.5, 0.6) is 0 Å². The Balaban J connectivity index is 2.24. The SMILES string of the molecule is O=C(O)NNC(=O)c1ccncc1Nc1ccc(I)cc1F. The maximum atomic E-state index is 13.8. The first-order chi connectivity index (χ1) is 10.5. The third-order valence-electron chi connectivity index (χ3n) is 2.55. The number of nitrogens with one attached hydrogen (secondary N) is 3. The van der Waals surface area contributed by atoms with Gasteiger partial charge in [-0.05, 0) is 46.9 Å². The van der Waals surface area contributed by atoms with Crippen LogP contribution in [0.4, 0.5) is 20.6 Å². The van der Waals surface area contributed by atoms with Gasteiger partial charge in [-0.3, -0.25) is 15.2 Å². The van der Waals surface area contributed by atoms with Crippen LogP contribution >= 0.6 is 22.6 Å². The molecule has 114 valence electrons. The molecule has 2 rings (SSSR count). The summed E-state index contributed by atoms with van der Waals surface area (Å²) in [4.78, 5) is 26.1. The van der Waals surface area contributed by atoms with Gasteiger partial charge in [-0.2, -0.15) is 0 Å². The molecule has 1 aromatic heterocycles. The zero-order valence-electron chi connectivity index (χ0n) is 10.9. The van der Waals surface area contributed by atoms with Crippen LogP contribution < -0.4 is 16.2 Å². The van der Waals surface area contributed by atoms with E-state index in [9.17, 15) is 14.0 Å². The number of pyridine rings is 1. The molecule has 0 radical (unpaired) electrons. The van der Waals surface area contributed by atoms with E-state index in [1.807, 2.05) is 28.0 Å². The lowest BCUT2D eigenvalue weighted by atomic mass is 10.2. The van der Waals surface area contributed by atoms with Gasteiger partial charge in [-0.1, -0.05) is 0 Å². The highest BCUT2D eigenvalue weighted by Crippen LogP contribution is 2.23. The molecular formula is C13H10FIN4O3. The summed E-state index contributed by atoms with van der Waals surface area (Å²) in [6.45, 7) is 0. The highest BCUT2D eigenvalue weighted by Gasteiger charge is 2.13. The first-order valence-corrected chi connectivity index (χ1v) is 7.00. The molecule has 0 bridgehead atoms. The van der Waals surface area contributed by atoms with Crippen LogP contribution in [0, 0.1) is 9.39 Å². The average Bonchev–Trinajstić information content (AvgIpc) is 2.48. The van der Waals surface area contributed by atoms with E-state index < -0.39 is 17.8 Å². The molecule has 0 unspecified atom stereocenters. The number of hydrogen-bond donors (Lipinski definition) is 4. The predicted octanol–water partition coefficient (Wildman–Crippen LogP) is 2.48. The van der Waals surface area contributed by atoms with Crippen molar-refractivity contribution in [3.8, 4) is 0 Å². The van der Waals surface area contributed by atoms with Crippen LogP contribution in [0.3, 0.4) is 0 Å². The molecule has 0 atom stereocenters. The van der Waals surface area contributed by atoms with Crippen molar-refractivity contribution in [3.63, 3.8) is 0 Å². The molecule has 0 saturated heterocycles. The Labute approximate surface area is 138 Å². The van der Waals surface area contributed by atoms with Crippen molar-refractivity contribution in [3.05, 3.63) is 51.6 Å². The summed E-state index contributed by atoms with van der Waals surface area (Å²) in [6.07, 6.45) is 1.30. The molecule has 22 heavy (non-hydrogen) atoms. The molecule has 0 aliphatic carbocycles. The molecular weight excluding hydrogens is 406 g/mol. The third-order valence-corrected chi connectivity index (χ3v) is 3.22. The lowest BCUT2D eigenvalue weighted by Crippen LogP contribution is -2.40. The van der Waals surface area contributed by atoms with Crippen LogP contribution in [0.2, 0.25) is 0 Å². The molecule has 9 heteroatoms. The number of anilines is 2. The van der Waals surface area contributed by atoms with Crippen molar-refractivity contribution in [2.45, 2.75) is 0 Å². The van der Waals surface area contributed by atoms with E-state index in [0.717, 1.165) is 3.57 Å². The van der Waals surface area contributed by atoms with Gasteiger partial charge >= 0.3 is 6.09 Å². The van der Waals surface area contributed by atoms with Crippen LogP contribution in [0.15, 0.2) is 36.7 Å². The predicted molar refractivity (Wildman–Crippen MR) is 85.3 cm³/mol. The number of aromatic nitrogens is 1. The Bertz CT molecular complexity index is 726. The maximum absolute atomic E-state index is 13.8. The summed E-state index contributed by atoms with van der Waals surface area (Å²) in [5.74, 6) is -1.18. The summed E-state index contributed by atoms with van der Waals surface area (Å²) < 4.78 is 14.6. The van der Waals surface area contributed by atoms with Crippen molar-refractivity contribution in [2.75, 3.05) is 5.32 Å². The van der Waals surface area contributed by atoms with Gasteiger partial charge in [0.2, 0.25) is 0 Å². The average molecular weight is 416 g/mol. The number of hydrogen-bond acceptors (Lipinski definition) is 4. The Hall–Kier alpha value is -2.43. The number of nitrogens with zero attached hydrogens (tertiary/aromatic N) is 1. The molecule has 0 saturated carbocycles. The van der Waals surface area contributed by atoms with E-state index >= 15 is 0 Å². The molecule has 2 aromatic rings. The summed E-state index contributed by atoms with van der Waals surface area (Å²) in [6, 6.07) is 5.95. The maximum Gasteiger partial charge on any atom is 0.423 e. The fourth-order valence-corrected chi connectivity index (χ4v) is 2.06. The van der Waals surface area contributed by atoms with Gasteiger partial charge in [0.15, 0.2) is 0 Å². The van der Waals surface area contributed by atoms with Crippen molar-refractivity contribution < 1.29 is 19.1 Å². The molecule has 0 aliphatic heterocycles. The molecule has 0 fully saturated rings. The minimum absolute atomic E-state index is 0.113. The zero-order chi connectivity index (χ0) is 16.1. The van der Waals surface area contributed by atoms with Gasteiger partial charge in [0, 0.05) is 9.77 Å². The van der Waals surface area contributed by atoms with Crippen LogP contribution in [0.1, 0.15) is 10.4 Å². The molecule has 0 aliphatic rings. The van der Waals surface area contributed by atoms with Crippen molar-refractivity contribution in [1.82, 2.24) is 15.8 Å². The van der Waals surface area contributed by atoms with Gasteiger partial charge in [0.1, 0.15) is 5.82 Å². The van der Waals surface area contributed by atoms with Gasteiger partial charge in [0.25, 0.3) is 5.91 Å². The number of carbonyl (C=O) groups excluding carboxylic acids is 1. The number of carboxylic acid groups (broad SMARTS) is 1. The van der Waals surface area contributed by atoms with Crippen LogP contribution in [0.25, 0.3) is 0 Å². The van der Waals surface area contributed by atoms with E-state index in [-0.39, 0.29) is 16.9 Å². The number of benzene rings is 1. The second kappa shape index (κ2) is 7.02. The highest BCUT2D eigenvalue weighted by molar-refractivity contribution is 14.1. The van der Waals surface area contributed by atoms with E-state index in [0.29, 0.717) is 0 Å². The lowest BCUT2D eigenvalue weighted by Gasteiger charge is -2.12. The number of amides is 2. The summed E-state index contributed by atoms with van der Waals surface area (Å²) in [5, 5.41) is 11.2. The number of halogens is 2. The first kappa shape index (κ1) is 15.9. The molecule has 2 amide bonds.